The van der Waals surface area contributed by atoms with Gasteiger partial charge in [-0.2, -0.15) is 26.3 Å². The number of hydrogen-bond acceptors (Lipinski definition) is 1. The average molecular weight is 181 g/mol. The van der Waals surface area contributed by atoms with Crippen molar-refractivity contribution in [2.24, 2.45) is 5.73 Å². The normalized spacial score (nSPS) is 15.3. The van der Waals surface area contributed by atoms with Crippen molar-refractivity contribution in [1.82, 2.24) is 0 Å². The van der Waals surface area contributed by atoms with Gasteiger partial charge in [0.15, 0.2) is 0 Å². The summed E-state index contributed by atoms with van der Waals surface area (Å²) >= 11 is 0. The summed E-state index contributed by atoms with van der Waals surface area (Å²) < 4.78 is 70.1. The molecule has 2 N–H and O–H groups in total. The molecule has 0 aromatic carbocycles. The van der Waals surface area contributed by atoms with Crippen LogP contribution in [-0.4, -0.2) is 17.9 Å². The van der Waals surface area contributed by atoms with Gasteiger partial charge in [0.1, 0.15) is 0 Å². The van der Waals surface area contributed by atoms with Gasteiger partial charge in [-0.25, -0.2) is 0 Å². The second-order valence-electron chi connectivity index (χ2n) is 2.09. The predicted octanol–water partition coefficient (Wildman–Crippen LogP) is 1.83. The Morgan fingerprint density at radius 2 is 1.18 bits per heavy atom. The molecule has 0 saturated heterocycles. The van der Waals surface area contributed by atoms with Gasteiger partial charge in [-0.1, -0.05) is 0 Å². The molecule has 68 valence electrons. The average Bonchev–Trinajstić information content (AvgIpc) is 1.58. The highest BCUT2D eigenvalue weighted by Crippen LogP contribution is 2.42. The summed E-state index contributed by atoms with van der Waals surface area (Å²) in [5.74, 6) is -10.3. The molecule has 0 radical (unpaired) electrons. The number of rotatable bonds is 2. The molecule has 0 aromatic rings. The maximum Gasteiger partial charge on any atom is 0.385 e. The maximum absolute atomic E-state index is 11.8. The Labute approximate surface area is 58.2 Å². The Morgan fingerprint density at radius 1 is 0.909 bits per heavy atom. The van der Waals surface area contributed by atoms with Crippen LogP contribution in [0.5, 0.6) is 0 Å². The van der Waals surface area contributed by atoms with Crippen molar-refractivity contribution in [3.8, 4) is 0 Å². The van der Waals surface area contributed by atoms with Gasteiger partial charge in [-0.15, -0.1) is 0 Å². The van der Waals surface area contributed by atoms with Crippen LogP contribution in [0.3, 0.4) is 0 Å². The molecular formula is C4H5F6N. The molecule has 0 amide bonds. The van der Waals surface area contributed by atoms with E-state index in [1.807, 2.05) is 0 Å². The molecule has 0 atom stereocenters. The van der Waals surface area contributed by atoms with E-state index in [9.17, 15) is 26.3 Å². The maximum atomic E-state index is 11.8. The topological polar surface area (TPSA) is 26.0 Å². The van der Waals surface area contributed by atoms with Crippen molar-refractivity contribution >= 4 is 0 Å². The summed E-state index contributed by atoms with van der Waals surface area (Å²) in [7, 11) is 0. The third-order valence-corrected chi connectivity index (χ3v) is 0.970. The highest BCUT2D eigenvalue weighted by atomic mass is 19.3. The van der Waals surface area contributed by atoms with Gasteiger partial charge in [0, 0.05) is 6.92 Å². The quantitative estimate of drug-likeness (QED) is 0.510. The Morgan fingerprint density at radius 3 is 1.18 bits per heavy atom. The molecule has 0 spiro atoms. The van der Waals surface area contributed by atoms with Crippen molar-refractivity contribution in [2.45, 2.75) is 24.8 Å². The summed E-state index contributed by atoms with van der Waals surface area (Å²) in [4.78, 5) is 0. The van der Waals surface area contributed by atoms with Gasteiger partial charge >= 0.3 is 17.9 Å². The Bertz CT molecular complexity index is 126. The van der Waals surface area contributed by atoms with Crippen molar-refractivity contribution in [1.29, 1.82) is 0 Å². The molecule has 0 fully saturated rings. The standard InChI is InChI=1S/C4H5F6N/c1-2(5,6)3(7,8)4(9,10)11/h11H2,1H3. The smallest absolute Gasteiger partial charge is 0.267 e. The lowest BCUT2D eigenvalue weighted by Gasteiger charge is -2.27. The molecule has 0 heterocycles. The Hall–Kier alpha value is -0.460. The van der Waals surface area contributed by atoms with E-state index in [1.165, 1.54) is 0 Å². The predicted molar refractivity (Wildman–Crippen MR) is 24.7 cm³/mol. The Balaban J connectivity index is 4.75. The molecule has 0 aliphatic rings. The molecule has 0 saturated carbocycles. The first-order valence-electron chi connectivity index (χ1n) is 2.42. The number of halogens is 6. The van der Waals surface area contributed by atoms with Crippen LogP contribution in [0, 0.1) is 0 Å². The highest BCUT2D eigenvalue weighted by Gasteiger charge is 2.67. The fraction of sp³-hybridized carbons (Fsp3) is 1.00. The molecule has 0 aliphatic carbocycles. The molecular weight excluding hydrogens is 176 g/mol. The van der Waals surface area contributed by atoms with E-state index in [4.69, 9.17) is 0 Å². The molecule has 1 nitrogen and oxygen atoms in total. The van der Waals surface area contributed by atoms with E-state index in [0.29, 0.717) is 0 Å². The summed E-state index contributed by atoms with van der Waals surface area (Å²) in [5.41, 5.74) is 3.54. The van der Waals surface area contributed by atoms with E-state index in [1.54, 1.807) is 0 Å². The fourth-order valence-corrected chi connectivity index (χ4v) is 0.293. The number of nitrogens with two attached hydrogens (primary N) is 1. The first-order chi connectivity index (χ1) is 4.50. The van der Waals surface area contributed by atoms with E-state index in [0.717, 1.165) is 0 Å². The van der Waals surface area contributed by atoms with Crippen LogP contribution in [0.25, 0.3) is 0 Å². The first kappa shape index (κ1) is 10.5. The van der Waals surface area contributed by atoms with Crippen LogP contribution >= 0.6 is 0 Å². The van der Waals surface area contributed by atoms with E-state index < -0.39 is 17.9 Å². The van der Waals surface area contributed by atoms with Crippen molar-refractivity contribution in [3.63, 3.8) is 0 Å². The lowest BCUT2D eigenvalue weighted by Crippen LogP contribution is -2.57. The van der Waals surface area contributed by atoms with E-state index in [2.05, 4.69) is 5.73 Å². The lowest BCUT2D eigenvalue weighted by molar-refractivity contribution is -0.300. The molecule has 0 unspecified atom stereocenters. The summed E-state index contributed by atoms with van der Waals surface area (Å²) in [6.07, 6.45) is 0. The minimum atomic E-state index is -5.51. The van der Waals surface area contributed by atoms with Gasteiger partial charge in [-0.3, -0.25) is 5.73 Å². The van der Waals surface area contributed by atoms with Gasteiger partial charge in [0.05, 0.1) is 0 Å². The minimum Gasteiger partial charge on any atom is -0.267 e. The molecule has 0 rings (SSSR count). The van der Waals surface area contributed by atoms with Crippen LogP contribution in [-0.2, 0) is 0 Å². The summed E-state index contributed by atoms with van der Waals surface area (Å²) in [5, 5.41) is 0. The third kappa shape index (κ3) is 1.76. The van der Waals surface area contributed by atoms with Crippen LogP contribution in [0.4, 0.5) is 26.3 Å². The second-order valence-corrected chi connectivity index (χ2v) is 2.09. The van der Waals surface area contributed by atoms with Crippen molar-refractivity contribution in [3.05, 3.63) is 0 Å². The fourth-order valence-electron chi connectivity index (χ4n) is 0.293. The highest BCUT2D eigenvalue weighted by molar-refractivity contribution is 4.89. The largest absolute Gasteiger partial charge is 0.385 e. The minimum absolute atomic E-state index is 0.326. The van der Waals surface area contributed by atoms with Crippen LogP contribution in [0.15, 0.2) is 0 Å². The number of alkyl halides is 6. The van der Waals surface area contributed by atoms with Crippen LogP contribution < -0.4 is 5.73 Å². The Kier molecular flexibility index (Phi) is 2.17. The van der Waals surface area contributed by atoms with Crippen LogP contribution in [0.1, 0.15) is 6.92 Å². The third-order valence-electron chi connectivity index (χ3n) is 0.970. The first-order valence-corrected chi connectivity index (χ1v) is 2.42. The summed E-state index contributed by atoms with van der Waals surface area (Å²) in [6.45, 7) is -0.326. The zero-order valence-electron chi connectivity index (χ0n) is 5.35. The molecule has 0 aliphatic heterocycles. The second kappa shape index (κ2) is 2.26. The van der Waals surface area contributed by atoms with E-state index >= 15 is 0 Å². The zero-order valence-corrected chi connectivity index (χ0v) is 5.35. The van der Waals surface area contributed by atoms with Gasteiger partial charge in [0.2, 0.25) is 0 Å². The van der Waals surface area contributed by atoms with Crippen LogP contribution in [0.2, 0.25) is 0 Å². The summed E-state index contributed by atoms with van der Waals surface area (Å²) in [6, 6.07) is -5.20. The SMILES string of the molecule is CC(F)(F)C(F)(F)C(N)(F)F. The van der Waals surface area contributed by atoms with Gasteiger partial charge < -0.3 is 0 Å². The monoisotopic (exact) mass is 181 g/mol. The zero-order chi connectivity index (χ0) is 9.50. The van der Waals surface area contributed by atoms with Crippen molar-refractivity contribution in [2.75, 3.05) is 0 Å². The van der Waals surface area contributed by atoms with E-state index in [-0.39, 0.29) is 6.92 Å². The molecule has 11 heavy (non-hydrogen) atoms. The molecule has 7 heteroatoms. The van der Waals surface area contributed by atoms with Gasteiger partial charge in [-0.05, 0) is 0 Å². The number of hydrogen-bond donors (Lipinski definition) is 1. The van der Waals surface area contributed by atoms with Gasteiger partial charge in [0.25, 0.3) is 0 Å². The van der Waals surface area contributed by atoms with Crippen molar-refractivity contribution < 1.29 is 26.3 Å². The molecule has 0 aromatic heterocycles. The lowest BCUT2D eigenvalue weighted by atomic mass is 10.1. The molecule has 0 bridgehead atoms.